The highest BCUT2D eigenvalue weighted by atomic mass is 16.7. The molecule has 0 aromatic heterocycles. The summed E-state index contributed by atoms with van der Waals surface area (Å²) >= 11 is 0. The van der Waals surface area contributed by atoms with Crippen molar-refractivity contribution < 1.29 is 19.7 Å². The molecule has 4 heteroatoms. The summed E-state index contributed by atoms with van der Waals surface area (Å²) in [6.45, 7) is 2.97. The average molecular weight is 176 g/mol. The van der Waals surface area contributed by atoms with E-state index in [1.807, 2.05) is 6.92 Å². The van der Waals surface area contributed by atoms with Crippen molar-refractivity contribution in [3.05, 3.63) is 0 Å². The van der Waals surface area contributed by atoms with Crippen molar-refractivity contribution in [2.75, 3.05) is 26.4 Å². The Morgan fingerprint density at radius 2 is 1.75 bits per heavy atom. The molecular weight excluding hydrogens is 160 g/mol. The maximum atomic E-state index is 8.83. The average Bonchev–Trinajstić information content (AvgIpc) is 2.48. The van der Waals surface area contributed by atoms with E-state index in [0.717, 1.165) is 0 Å². The van der Waals surface area contributed by atoms with Crippen molar-refractivity contribution in [2.45, 2.75) is 19.1 Å². The molecule has 0 saturated carbocycles. The fourth-order valence-corrected chi connectivity index (χ4v) is 1.39. The van der Waals surface area contributed by atoms with Gasteiger partial charge in [0.1, 0.15) is 0 Å². The molecule has 0 unspecified atom stereocenters. The highest BCUT2D eigenvalue weighted by Gasteiger charge is 2.33. The van der Waals surface area contributed by atoms with Crippen LogP contribution >= 0.6 is 0 Å². The number of hydrogen-bond acceptors (Lipinski definition) is 4. The minimum Gasteiger partial charge on any atom is -0.396 e. The molecule has 4 nitrogen and oxygen atoms in total. The summed E-state index contributed by atoms with van der Waals surface area (Å²) in [6.07, 6.45) is 0.542. The van der Waals surface area contributed by atoms with Gasteiger partial charge in [0.25, 0.3) is 0 Å². The van der Waals surface area contributed by atoms with Crippen LogP contribution in [-0.4, -0.2) is 42.4 Å². The molecule has 1 aliphatic heterocycles. The highest BCUT2D eigenvalue weighted by molar-refractivity contribution is 4.72. The molecule has 72 valence electrons. The Bertz CT molecular complexity index is 127. The Hall–Kier alpha value is -0.160. The van der Waals surface area contributed by atoms with Gasteiger partial charge >= 0.3 is 0 Å². The Morgan fingerprint density at radius 1 is 1.25 bits per heavy atom. The largest absolute Gasteiger partial charge is 0.396 e. The number of aliphatic hydroxyl groups excluding tert-OH is 2. The summed E-state index contributed by atoms with van der Waals surface area (Å²) in [4.78, 5) is 0. The molecule has 0 aromatic carbocycles. The second-order valence-corrected chi connectivity index (χ2v) is 3.27. The van der Waals surface area contributed by atoms with E-state index >= 15 is 0 Å². The third-order valence-electron chi connectivity index (χ3n) is 2.07. The number of ether oxygens (including phenoxy) is 2. The second-order valence-electron chi connectivity index (χ2n) is 3.27. The Kier molecular flexibility index (Phi) is 3.46. The molecule has 0 spiro atoms. The van der Waals surface area contributed by atoms with Crippen LogP contribution in [0.5, 0.6) is 0 Å². The van der Waals surface area contributed by atoms with E-state index in [1.165, 1.54) is 0 Å². The Morgan fingerprint density at radius 3 is 2.17 bits per heavy atom. The minimum absolute atomic E-state index is 0.0290. The van der Waals surface area contributed by atoms with Gasteiger partial charge in [-0.2, -0.15) is 0 Å². The molecule has 0 amide bonds. The fourth-order valence-electron chi connectivity index (χ4n) is 1.39. The first-order valence-electron chi connectivity index (χ1n) is 4.20. The summed E-state index contributed by atoms with van der Waals surface area (Å²) in [7, 11) is 0. The van der Waals surface area contributed by atoms with E-state index in [2.05, 4.69) is 0 Å². The molecule has 0 aliphatic carbocycles. The zero-order valence-corrected chi connectivity index (χ0v) is 7.32. The lowest BCUT2D eigenvalue weighted by Crippen LogP contribution is -2.31. The summed E-state index contributed by atoms with van der Waals surface area (Å²) in [6, 6.07) is 0. The van der Waals surface area contributed by atoms with Crippen molar-refractivity contribution in [3.63, 3.8) is 0 Å². The molecule has 0 atom stereocenters. The second kappa shape index (κ2) is 4.18. The Labute approximate surface area is 72.1 Å². The van der Waals surface area contributed by atoms with Gasteiger partial charge in [0, 0.05) is 25.6 Å². The van der Waals surface area contributed by atoms with Crippen molar-refractivity contribution in [3.8, 4) is 0 Å². The van der Waals surface area contributed by atoms with E-state index in [-0.39, 0.29) is 19.1 Å². The molecule has 0 radical (unpaired) electrons. The van der Waals surface area contributed by atoms with Crippen LogP contribution in [0.4, 0.5) is 0 Å². The van der Waals surface area contributed by atoms with Crippen LogP contribution < -0.4 is 0 Å². The molecule has 0 aromatic rings. The van der Waals surface area contributed by atoms with Crippen molar-refractivity contribution >= 4 is 0 Å². The third-order valence-corrected chi connectivity index (χ3v) is 2.07. The maximum Gasteiger partial charge on any atom is 0.166 e. The minimum atomic E-state index is -0.601. The smallest absolute Gasteiger partial charge is 0.166 e. The third kappa shape index (κ3) is 2.42. The van der Waals surface area contributed by atoms with Gasteiger partial charge in [-0.1, -0.05) is 0 Å². The molecule has 2 N–H and O–H groups in total. The number of aliphatic hydroxyl groups is 2. The summed E-state index contributed by atoms with van der Waals surface area (Å²) in [5.74, 6) is -0.746. The fraction of sp³-hybridized carbons (Fsp3) is 1.00. The number of hydrogen-bond donors (Lipinski definition) is 2. The highest BCUT2D eigenvalue weighted by Crippen LogP contribution is 2.26. The van der Waals surface area contributed by atoms with Crippen LogP contribution in [0.2, 0.25) is 0 Å². The van der Waals surface area contributed by atoms with E-state index in [9.17, 15) is 0 Å². The standard InChI is InChI=1S/C8H16O4/c1-8(11-2-3-12-8)4-7(5-9)6-10/h7,9-10H,2-6H2,1H3. The first kappa shape index (κ1) is 9.92. The van der Waals surface area contributed by atoms with Crippen LogP contribution in [0.1, 0.15) is 13.3 Å². The van der Waals surface area contributed by atoms with Crippen LogP contribution in [0.3, 0.4) is 0 Å². The molecule has 1 heterocycles. The lowest BCUT2D eigenvalue weighted by molar-refractivity contribution is -0.159. The van der Waals surface area contributed by atoms with Crippen molar-refractivity contribution in [2.24, 2.45) is 5.92 Å². The van der Waals surface area contributed by atoms with Gasteiger partial charge in [-0.15, -0.1) is 0 Å². The predicted molar refractivity (Wildman–Crippen MR) is 42.6 cm³/mol. The normalized spacial score (nSPS) is 22.0. The van der Waals surface area contributed by atoms with Gasteiger partial charge in [0.05, 0.1) is 13.2 Å². The van der Waals surface area contributed by atoms with Crippen LogP contribution in [0.25, 0.3) is 0 Å². The van der Waals surface area contributed by atoms with Gasteiger partial charge in [0.2, 0.25) is 0 Å². The van der Waals surface area contributed by atoms with E-state index < -0.39 is 5.79 Å². The van der Waals surface area contributed by atoms with Crippen molar-refractivity contribution in [1.29, 1.82) is 0 Å². The first-order valence-corrected chi connectivity index (χ1v) is 4.20. The molecule has 1 rings (SSSR count). The van der Waals surface area contributed by atoms with Crippen molar-refractivity contribution in [1.82, 2.24) is 0 Å². The first-order chi connectivity index (χ1) is 5.70. The van der Waals surface area contributed by atoms with Gasteiger partial charge in [-0.05, 0) is 6.92 Å². The number of rotatable bonds is 4. The van der Waals surface area contributed by atoms with E-state index in [4.69, 9.17) is 19.7 Å². The molecule has 0 bridgehead atoms. The monoisotopic (exact) mass is 176 g/mol. The lowest BCUT2D eigenvalue weighted by atomic mass is 10.0. The molecule has 12 heavy (non-hydrogen) atoms. The molecule has 1 aliphatic rings. The lowest BCUT2D eigenvalue weighted by Gasteiger charge is -2.25. The van der Waals surface area contributed by atoms with Gasteiger partial charge < -0.3 is 19.7 Å². The van der Waals surface area contributed by atoms with Gasteiger partial charge in [-0.3, -0.25) is 0 Å². The zero-order chi connectivity index (χ0) is 9.03. The summed E-state index contributed by atoms with van der Waals surface area (Å²) in [5, 5.41) is 17.7. The zero-order valence-electron chi connectivity index (χ0n) is 7.32. The van der Waals surface area contributed by atoms with Gasteiger partial charge in [-0.25, -0.2) is 0 Å². The summed E-state index contributed by atoms with van der Waals surface area (Å²) in [5.41, 5.74) is 0. The molecule has 1 saturated heterocycles. The molecule has 1 fully saturated rings. The topological polar surface area (TPSA) is 58.9 Å². The Balaban J connectivity index is 2.36. The summed E-state index contributed by atoms with van der Waals surface area (Å²) < 4.78 is 10.7. The van der Waals surface area contributed by atoms with E-state index in [0.29, 0.717) is 19.6 Å². The quantitative estimate of drug-likeness (QED) is 0.619. The maximum absolute atomic E-state index is 8.83. The SMILES string of the molecule is CC1(CC(CO)CO)OCCO1. The van der Waals surface area contributed by atoms with Crippen LogP contribution in [-0.2, 0) is 9.47 Å². The van der Waals surface area contributed by atoms with Crippen LogP contribution in [0, 0.1) is 5.92 Å². The van der Waals surface area contributed by atoms with E-state index in [1.54, 1.807) is 0 Å². The van der Waals surface area contributed by atoms with Gasteiger partial charge in [0.15, 0.2) is 5.79 Å². The van der Waals surface area contributed by atoms with Crippen LogP contribution in [0.15, 0.2) is 0 Å². The predicted octanol–water partition coefficient (Wildman–Crippen LogP) is -0.260. The molecular formula is C8H16O4.